The molecule has 0 bridgehead atoms. The van der Waals surface area contributed by atoms with Crippen molar-refractivity contribution in [2.75, 3.05) is 12.3 Å². The summed E-state index contributed by atoms with van der Waals surface area (Å²) in [6.45, 7) is 5.97. The zero-order valence-electron chi connectivity index (χ0n) is 12.5. The van der Waals surface area contributed by atoms with Gasteiger partial charge in [-0.1, -0.05) is 17.3 Å². The lowest BCUT2D eigenvalue weighted by Gasteiger charge is -2.24. The van der Waals surface area contributed by atoms with Crippen molar-refractivity contribution in [1.82, 2.24) is 15.5 Å². The molecule has 0 aliphatic heterocycles. The van der Waals surface area contributed by atoms with Gasteiger partial charge in [-0.3, -0.25) is 4.79 Å². The quantitative estimate of drug-likeness (QED) is 0.815. The van der Waals surface area contributed by atoms with Crippen molar-refractivity contribution >= 4 is 11.6 Å². The normalized spacial score (nSPS) is 11.4. The van der Waals surface area contributed by atoms with Crippen molar-refractivity contribution in [3.05, 3.63) is 41.5 Å². The van der Waals surface area contributed by atoms with Crippen LogP contribution in [0.3, 0.4) is 0 Å². The van der Waals surface area contributed by atoms with Gasteiger partial charge in [0, 0.05) is 25.6 Å². The average molecular weight is 288 g/mol. The highest BCUT2D eigenvalue weighted by Crippen LogP contribution is 2.24. The van der Waals surface area contributed by atoms with E-state index in [9.17, 15) is 4.79 Å². The van der Waals surface area contributed by atoms with Crippen LogP contribution in [-0.2, 0) is 16.6 Å². The number of rotatable bonds is 5. The molecule has 1 heterocycles. The number of hydrogen-bond acceptors (Lipinski definition) is 5. The van der Waals surface area contributed by atoms with Crippen LogP contribution in [0.4, 0.5) is 5.69 Å². The number of nitrogens with two attached hydrogens (primary N) is 1. The van der Waals surface area contributed by atoms with Gasteiger partial charge < -0.3 is 15.6 Å². The minimum atomic E-state index is -0.624. The molecule has 2 aromatic rings. The maximum atomic E-state index is 12.3. The Morgan fingerprint density at radius 2 is 2.00 bits per heavy atom. The van der Waals surface area contributed by atoms with E-state index in [-0.39, 0.29) is 5.91 Å². The monoisotopic (exact) mass is 288 g/mol. The summed E-state index contributed by atoms with van der Waals surface area (Å²) in [4.78, 5) is 16.4. The van der Waals surface area contributed by atoms with Gasteiger partial charge in [-0.15, -0.1) is 0 Å². The van der Waals surface area contributed by atoms with Crippen LogP contribution >= 0.6 is 0 Å². The van der Waals surface area contributed by atoms with Crippen LogP contribution in [-0.4, -0.2) is 22.6 Å². The SMILES string of the molecule is Cc1nc(CCNC(=O)C(C)(C)c2ccc(N)cc2)no1. The molecule has 0 saturated heterocycles. The molecule has 6 heteroatoms. The molecule has 1 amide bonds. The van der Waals surface area contributed by atoms with E-state index in [1.165, 1.54) is 0 Å². The van der Waals surface area contributed by atoms with E-state index in [1.54, 1.807) is 19.1 Å². The Kier molecular flexibility index (Phi) is 4.26. The first kappa shape index (κ1) is 15.0. The predicted molar refractivity (Wildman–Crippen MR) is 79.6 cm³/mol. The van der Waals surface area contributed by atoms with Gasteiger partial charge >= 0.3 is 0 Å². The summed E-state index contributed by atoms with van der Waals surface area (Å²) >= 11 is 0. The highest BCUT2D eigenvalue weighted by Gasteiger charge is 2.29. The van der Waals surface area contributed by atoms with Gasteiger partial charge in [0.05, 0.1) is 5.41 Å². The van der Waals surface area contributed by atoms with Crippen molar-refractivity contribution in [2.45, 2.75) is 32.6 Å². The number of nitrogen functional groups attached to an aromatic ring is 1. The third-order valence-corrected chi connectivity index (χ3v) is 3.40. The number of aromatic nitrogens is 2. The van der Waals surface area contributed by atoms with E-state index in [0.717, 1.165) is 5.56 Å². The topological polar surface area (TPSA) is 94.0 Å². The molecule has 112 valence electrons. The number of aryl methyl sites for hydroxylation is 1. The Morgan fingerprint density at radius 1 is 1.33 bits per heavy atom. The molecular formula is C15H20N4O2. The lowest BCUT2D eigenvalue weighted by Crippen LogP contribution is -2.41. The number of benzene rings is 1. The lowest BCUT2D eigenvalue weighted by molar-refractivity contribution is -0.125. The Bertz CT molecular complexity index is 617. The molecular weight excluding hydrogens is 268 g/mol. The van der Waals surface area contributed by atoms with Crippen molar-refractivity contribution in [3.63, 3.8) is 0 Å². The molecule has 0 aliphatic rings. The molecule has 0 unspecified atom stereocenters. The van der Waals surface area contributed by atoms with Gasteiger partial charge in [-0.25, -0.2) is 0 Å². The minimum Gasteiger partial charge on any atom is -0.399 e. The Balaban J connectivity index is 1.93. The lowest BCUT2D eigenvalue weighted by atomic mass is 9.83. The summed E-state index contributed by atoms with van der Waals surface area (Å²) in [5, 5.41) is 6.69. The molecule has 0 aliphatic carbocycles. The van der Waals surface area contributed by atoms with E-state index in [1.807, 2.05) is 26.0 Å². The number of amides is 1. The molecule has 0 fully saturated rings. The van der Waals surface area contributed by atoms with E-state index < -0.39 is 5.41 Å². The highest BCUT2D eigenvalue weighted by molar-refractivity contribution is 5.87. The van der Waals surface area contributed by atoms with Crippen LogP contribution in [0.15, 0.2) is 28.8 Å². The summed E-state index contributed by atoms with van der Waals surface area (Å²) in [7, 11) is 0. The van der Waals surface area contributed by atoms with Gasteiger partial charge in [0.25, 0.3) is 0 Å². The van der Waals surface area contributed by atoms with E-state index in [4.69, 9.17) is 10.3 Å². The maximum Gasteiger partial charge on any atom is 0.230 e. The Hall–Kier alpha value is -2.37. The molecule has 21 heavy (non-hydrogen) atoms. The molecule has 1 aromatic heterocycles. The van der Waals surface area contributed by atoms with Crippen LogP contribution < -0.4 is 11.1 Å². The first-order valence-corrected chi connectivity index (χ1v) is 6.83. The van der Waals surface area contributed by atoms with Gasteiger partial charge in [0.2, 0.25) is 11.8 Å². The van der Waals surface area contributed by atoms with Crippen molar-refractivity contribution in [2.24, 2.45) is 0 Å². The number of nitrogens with one attached hydrogen (secondary N) is 1. The van der Waals surface area contributed by atoms with Crippen LogP contribution in [0.2, 0.25) is 0 Å². The van der Waals surface area contributed by atoms with Gasteiger partial charge in [-0.05, 0) is 31.5 Å². The molecule has 6 nitrogen and oxygen atoms in total. The molecule has 0 atom stereocenters. The second-order valence-electron chi connectivity index (χ2n) is 5.48. The van der Waals surface area contributed by atoms with Crippen LogP contribution in [0.5, 0.6) is 0 Å². The molecule has 2 rings (SSSR count). The van der Waals surface area contributed by atoms with Gasteiger partial charge in [0.1, 0.15) is 0 Å². The fourth-order valence-corrected chi connectivity index (χ4v) is 1.98. The van der Waals surface area contributed by atoms with E-state index in [2.05, 4.69) is 15.5 Å². The van der Waals surface area contributed by atoms with Crippen molar-refractivity contribution in [3.8, 4) is 0 Å². The maximum absolute atomic E-state index is 12.3. The van der Waals surface area contributed by atoms with E-state index >= 15 is 0 Å². The summed E-state index contributed by atoms with van der Waals surface area (Å²) in [5.41, 5.74) is 6.65. The average Bonchev–Trinajstić information content (AvgIpc) is 2.85. The zero-order valence-corrected chi connectivity index (χ0v) is 12.5. The van der Waals surface area contributed by atoms with Crippen molar-refractivity contribution < 1.29 is 9.32 Å². The van der Waals surface area contributed by atoms with Crippen LogP contribution in [0.1, 0.15) is 31.1 Å². The van der Waals surface area contributed by atoms with E-state index in [0.29, 0.717) is 30.4 Å². The summed E-state index contributed by atoms with van der Waals surface area (Å²) in [6, 6.07) is 7.34. The second-order valence-corrected chi connectivity index (χ2v) is 5.48. The van der Waals surface area contributed by atoms with Crippen LogP contribution in [0, 0.1) is 6.92 Å². The first-order chi connectivity index (χ1) is 9.89. The second kappa shape index (κ2) is 5.95. The van der Waals surface area contributed by atoms with Crippen molar-refractivity contribution in [1.29, 1.82) is 0 Å². The number of carbonyl (C=O) groups excluding carboxylic acids is 1. The van der Waals surface area contributed by atoms with Gasteiger partial charge in [-0.2, -0.15) is 4.98 Å². The molecule has 0 spiro atoms. The number of nitrogens with zero attached hydrogens (tertiary/aromatic N) is 2. The number of carbonyl (C=O) groups is 1. The van der Waals surface area contributed by atoms with Gasteiger partial charge in [0.15, 0.2) is 5.82 Å². The standard InChI is InChI=1S/C15H20N4O2/c1-10-18-13(19-21-10)8-9-17-14(20)15(2,3)11-4-6-12(16)7-5-11/h4-7H,8-9,16H2,1-3H3,(H,17,20). The third-order valence-electron chi connectivity index (χ3n) is 3.40. The molecule has 3 N–H and O–H groups in total. The van der Waals surface area contributed by atoms with Crippen LogP contribution in [0.25, 0.3) is 0 Å². The predicted octanol–water partition coefficient (Wildman–Crippen LogP) is 1.60. The fraction of sp³-hybridized carbons (Fsp3) is 0.400. The molecule has 1 aromatic carbocycles. The first-order valence-electron chi connectivity index (χ1n) is 6.83. The summed E-state index contributed by atoms with van der Waals surface area (Å²) in [5.74, 6) is 1.07. The smallest absolute Gasteiger partial charge is 0.230 e. The largest absolute Gasteiger partial charge is 0.399 e. The number of anilines is 1. The Labute approximate surface area is 123 Å². The minimum absolute atomic E-state index is 0.0486. The fourth-order valence-electron chi connectivity index (χ4n) is 1.98. The Morgan fingerprint density at radius 3 is 2.57 bits per heavy atom. The highest BCUT2D eigenvalue weighted by atomic mass is 16.5. The third kappa shape index (κ3) is 3.59. The zero-order chi connectivity index (χ0) is 15.5. The summed E-state index contributed by atoms with van der Waals surface area (Å²) in [6.07, 6.45) is 0.543. The number of hydrogen-bond donors (Lipinski definition) is 2. The molecule has 0 radical (unpaired) electrons. The molecule has 0 saturated carbocycles. The summed E-state index contributed by atoms with van der Waals surface area (Å²) < 4.78 is 4.88.